The number of phenols is 2. The largest absolute Gasteiger partial charge is 0.508 e. The second kappa shape index (κ2) is 9.43. The summed E-state index contributed by atoms with van der Waals surface area (Å²) in [6.07, 6.45) is 4.69. The van der Waals surface area contributed by atoms with Crippen molar-refractivity contribution in [3.63, 3.8) is 0 Å². The molecule has 0 aliphatic heterocycles. The minimum atomic E-state index is -0.542. The fraction of sp³-hybridized carbons (Fsp3) is 0.632. The molecule has 0 bridgehead atoms. The molecule has 1 unspecified atom stereocenters. The molecule has 0 saturated carbocycles. The number of ether oxygens (including phenoxy) is 1. The second-order valence-electron chi connectivity index (χ2n) is 6.47. The Morgan fingerprint density at radius 2 is 1.78 bits per heavy atom. The molecule has 4 heteroatoms. The molecule has 0 heterocycles. The Morgan fingerprint density at radius 1 is 1.13 bits per heavy atom. The van der Waals surface area contributed by atoms with Crippen LogP contribution < -0.4 is 0 Å². The van der Waals surface area contributed by atoms with Gasteiger partial charge in [-0.05, 0) is 50.2 Å². The van der Waals surface area contributed by atoms with Gasteiger partial charge in [0, 0.05) is 5.56 Å². The zero-order valence-electron chi connectivity index (χ0n) is 14.8. The van der Waals surface area contributed by atoms with E-state index in [1.807, 2.05) is 13.8 Å². The molecule has 0 aliphatic carbocycles. The highest BCUT2D eigenvalue weighted by Crippen LogP contribution is 2.31. The number of unbranched alkanes of at least 4 members (excludes halogenated alkanes) is 1. The average molecular weight is 322 g/mol. The highest BCUT2D eigenvalue weighted by Gasteiger charge is 2.23. The summed E-state index contributed by atoms with van der Waals surface area (Å²) in [7, 11) is 0. The first-order valence-corrected chi connectivity index (χ1v) is 8.65. The van der Waals surface area contributed by atoms with Gasteiger partial charge in [0.15, 0.2) is 0 Å². The van der Waals surface area contributed by atoms with Crippen molar-refractivity contribution in [3.8, 4) is 11.5 Å². The normalized spacial score (nSPS) is 12.4. The second-order valence-corrected chi connectivity index (χ2v) is 6.47. The van der Waals surface area contributed by atoms with Crippen LogP contribution >= 0.6 is 0 Å². The van der Waals surface area contributed by atoms with Crippen LogP contribution in [0.5, 0.6) is 11.5 Å². The molecule has 23 heavy (non-hydrogen) atoms. The third-order valence-electron chi connectivity index (χ3n) is 4.05. The van der Waals surface area contributed by atoms with E-state index in [0.717, 1.165) is 32.1 Å². The zero-order chi connectivity index (χ0) is 17.4. The molecule has 2 N–H and O–H groups in total. The summed E-state index contributed by atoms with van der Waals surface area (Å²) in [5.41, 5.74) is 0.594. The van der Waals surface area contributed by atoms with Crippen molar-refractivity contribution in [2.75, 3.05) is 0 Å². The molecule has 1 atom stereocenters. The highest BCUT2D eigenvalue weighted by molar-refractivity contribution is 5.95. The minimum Gasteiger partial charge on any atom is -0.508 e. The molecule has 0 spiro atoms. The van der Waals surface area contributed by atoms with Gasteiger partial charge in [-0.15, -0.1) is 0 Å². The molecule has 0 fully saturated rings. The van der Waals surface area contributed by atoms with Crippen molar-refractivity contribution in [3.05, 3.63) is 23.3 Å². The topological polar surface area (TPSA) is 66.8 Å². The summed E-state index contributed by atoms with van der Waals surface area (Å²) in [5, 5.41) is 20.1. The van der Waals surface area contributed by atoms with Gasteiger partial charge in [-0.2, -0.15) is 0 Å². The van der Waals surface area contributed by atoms with Crippen LogP contribution in [0.1, 0.15) is 75.7 Å². The summed E-state index contributed by atoms with van der Waals surface area (Å²) in [4.78, 5) is 12.5. The first-order chi connectivity index (χ1) is 10.9. The summed E-state index contributed by atoms with van der Waals surface area (Å²) >= 11 is 0. The van der Waals surface area contributed by atoms with Crippen LogP contribution in [0, 0.1) is 5.92 Å². The first kappa shape index (κ1) is 19.3. The lowest BCUT2D eigenvalue weighted by Gasteiger charge is -2.19. The lowest BCUT2D eigenvalue weighted by atomic mass is 9.99. The Balaban J connectivity index is 2.95. The standard InChI is InChI=1S/C19H30O4/c1-5-7-8-15-16(20)11-12-17(21)18(15)19(22)23-14(6-2)10-9-13(3)4/h11-14,20-21H,5-10H2,1-4H3. The molecule has 0 aromatic heterocycles. The fourth-order valence-corrected chi connectivity index (χ4v) is 2.53. The van der Waals surface area contributed by atoms with Crippen LogP contribution in [-0.2, 0) is 11.2 Å². The van der Waals surface area contributed by atoms with E-state index in [-0.39, 0.29) is 23.2 Å². The van der Waals surface area contributed by atoms with Crippen molar-refractivity contribution in [2.45, 2.75) is 72.3 Å². The highest BCUT2D eigenvalue weighted by atomic mass is 16.5. The Morgan fingerprint density at radius 3 is 2.35 bits per heavy atom. The summed E-state index contributed by atoms with van der Waals surface area (Å²) in [5.74, 6) is -0.0757. The maximum Gasteiger partial charge on any atom is 0.342 e. The third kappa shape index (κ3) is 5.77. The van der Waals surface area contributed by atoms with Crippen molar-refractivity contribution >= 4 is 5.97 Å². The number of esters is 1. The van der Waals surface area contributed by atoms with Gasteiger partial charge < -0.3 is 14.9 Å². The predicted octanol–water partition coefficient (Wildman–Crippen LogP) is 4.81. The van der Waals surface area contributed by atoms with E-state index in [0.29, 0.717) is 17.9 Å². The molecule has 1 rings (SSSR count). The number of carbonyl (C=O) groups excluding carboxylic acids is 1. The Labute approximate surface area is 139 Å². The molecule has 0 saturated heterocycles. The number of hydrogen-bond acceptors (Lipinski definition) is 4. The molecule has 0 radical (unpaired) electrons. The van der Waals surface area contributed by atoms with Crippen LogP contribution in [0.25, 0.3) is 0 Å². The van der Waals surface area contributed by atoms with Gasteiger partial charge in [0.2, 0.25) is 0 Å². The minimum absolute atomic E-state index is 0.0402. The van der Waals surface area contributed by atoms with Gasteiger partial charge in [0.05, 0.1) is 0 Å². The van der Waals surface area contributed by atoms with Gasteiger partial charge in [-0.1, -0.05) is 34.1 Å². The molecule has 0 aliphatic rings. The van der Waals surface area contributed by atoms with E-state index >= 15 is 0 Å². The van der Waals surface area contributed by atoms with Crippen LogP contribution in [0.2, 0.25) is 0 Å². The van der Waals surface area contributed by atoms with Crippen LogP contribution in [0.4, 0.5) is 0 Å². The molecular formula is C19H30O4. The van der Waals surface area contributed by atoms with Crippen LogP contribution in [-0.4, -0.2) is 22.3 Å². The smallest absolute Gasteiger partial charge is 0.342 e. The van der Waals surface area contributed by atoms with Crippen molar-refractivity contribution in [1.82, 2.24) is 0 Å². The van der Waals surface area contributed by atoms with E-state index in [9.17, 15) is 15.0 Å². The number of benzene rings is 1. The lowest BCUT2D eigenvalue weighted by Crippen LogP contribution is -2.19. The quantitative estimate of drug-likeness (QED) is 0.505. The molecule has 4 nitrogen and oxygen atoms in total. The van der Waals surface area contributed by atoms with Gasteiger partial charge in [-0.3, -0.25) is 0 Å². The molecule has 1 aromatic rings. The number of phenolic OH excluding ortho intramolecular Hbond substituents is 2. The SMILES string of the molecule is CCCCc1c(O)ccc(O)c1C(=O)OC(CC)CCC(C)C. The van der Waals surface area contributed by atoms with Crippen molar-refractivity contribution in [1.29, 1.82) is 0 Å². The van der Waals surface area contributed by atoms with Gasteiger partial charge in [0.25, 0.3) is 0 Å². The number of hydrogen-bond donors (Lipinski definition) is 2. The van der Waals surface area contributed by atoms with E-state index in [1.54, 1.807) is 0 Å². The van der Waals surface area contributed by atoms with Gasteiger partial charge in [0.1, 0.15) is 23.2 Å². The molecule has 0 amide bonds. The molecule has 130 valence electrons. The van der Waals surface area contributed by atoms with Crippen LogP contribution in [0.15, 0.2) is 12.1 Å². The summed E-state index contributed by atoms with van der Waals surface area (Å²) in [6.45, 7) is 8.30. The van der Waals surface area contributed by atoms with Crippen LogP contribution in [0.3, 0.4) is 0 Å². The molecular weight excluding hydrogens is 292 g/mol. The van der Waals surface area contributed by atoms with Gasteiger partial charge in [-0.25, -0.2) is 4.79 Å². The lowest BCUT2D eigenvalue weighted by molar-refractivity contribution is 0.0255. The van der Waals surface area contributed by atoms with E-state index in [1.165, 1.54) is 12.1 Å². The maximum absolute atomic E-state index is 12.5. The third-order valence-corrected chi connectivity index (χ3v) is 4.05. The fourth-order valence-electron chi connectivity index (χ4n) is 2.53. The first-order valence-electron chi connectivity index (χ1n) is 8.65. The van der Waals surface area contributed by atoms with E-state index in [2.05, 4.69) is 13.8 Å². The predicted molar refractivity (Wildman–Crippen MR) is 92.0 cm³/mol. The Bertz CT molecular complexity index is 508. The van der Waals surface area contributed by atoms with Crippen molar-refractivity contribution in [2.24, 2.45) is 5.92 Å². The van der Waals surface area contributed by atoms with E-state index < -0.39 is 5.97 Å². The maximum atomic E-state index is 12.5. The Kier molecular flexibility index (Phi) is 7.93. The number of rotatable bonds is 9. The monoisotopic (exact) mass is 322 g/mol. The number of carbonyl (C=O) groups is 1. The molecule has 1 aromatic carbocycles. The summed E-state index contributed by atoms with van der Waals surface area (Å²) in [6, 6.07) is 2.77. The summed E-state index contributed by atoms with van der Waals surface area (Å²) < 4.78 is 5.58. The average Bonchev–Trinajstić information content (AvgIpc) is 2.51. The van der Waals surface area contributed by atoms with Crippen molar-refractivity contribution < 1.29 is 19.7 Å². The zero-order valence-corrected chi connectivity index (χ0v) is 14.8. The van der Waals surface area contributed by atoms with E-state index in [4.69, 9.17) is 4.74 Å². The Hall–Kier alpha value is -1.71. The number of aromatic hydroxyl groups is 2. The van der Waals surface area contributed by atoms with Gasteiger partial charge >= 0.3 is 5.97 Å².